The van der Waals surface area contributed by atoms with Gasteiger partial charge in [0.25, 0.3) is 0 Å². The summed E-state index contributed by atoms with van der Waals surface area (Å²) in [5, 5.41) is 3.24. The first kappa shape index (κ1) is 11.0. The lowest BCUT2D eigenvalue weighted by atomic mass is 10.0. The first-order valence-electron chi connectivity index (χ1n) is 6.58. The third-order valence-corrected chi connectivity index (χ3v) is 3.94. The van der Waals surface area contributed by atoms with E-state index in [-0.39, 0.29) is 5.92 Å². The molecule has 2 nitrogen and oxygen atoms in total. The maximum atomic E-state index is 11.9. The quantitative estimate of drug-likeness (QED) is 0.711. The normalized spacial score (nSPS) is 25.7. The molecule has 2 rings (SSSR count). The fraction of sp³-hybridized carbons (Fsp3) is 0.923. The molecule has 2 heteroatoms. The Morgan fingerprint density at radius 3 is 2.20 bits per heavy atom. The Bertz CT molecular complexity index is 215. The number of nitrogens with one attached hydrogen (secondary N) is 1. The highest BCUT2D eigenvalue weighted by Crippen LogP contribution is 2.36. The molecule has 0 radical (unpaired) electrons. The Morgan fingerprint density at radius 2 is 1.67 bits per heavy atom. The second-order valence-electron chi connectivity index (χ2n) is 5.32. The van der Waals surface area contributed by atoms with E-state index in [0.29, 0.717) is 17.9 Å². The molecule has 0 spiro atoms. The minimum atomic E-state index is 0.258. The first-order chi connectivity index (χ1) is 7.27. The summed E-state index contributed by atoms with van der Waals surface area (Å²) in [5.74, 6) is 1.26. The Hall–Kier alpha value is -0.530. The monoisotopic (exact) mass is 209 g/mol. The minimum absolute atomic E-state index is 0.258. The van der Waals surface area contributed by atoms with Crippen LogP contribution >= 0.6 is 0 Å². The van der Waals surface area contributed by atoms with Crippen molar-refractivity contribution in [3.63, 3.8) is 0 Å². The van der Waals surface area contributed by atoms with Gasteiger partial charge in [0.15, 0.2) is 0 Å². The molecule has 2 aliphatic carbocycles. The van der Waals surface area contributed by atoms with Crippen molar-refractivity contribution in [3.8, 4) is 0 Å². The smallest absolute Gasteiger partial charge is 0.223 e. The number of amides is 1. The van der Waals surface area contributed by atoms with E-state index in [1.165, 1.54) is 51.4 Å². The molecule has 0 saturated heterocycles. The maximum Gasteiger partial charge on any atom is 0.223 e. The van der Waals surface area contributed by atoms with Crippen LogP contribution in [-0.4, -0.2) is 11.9 Å². The highest BCUT2D eigenvalue weighted by molar-refractivity contribution is 5.79. The van der Waals surface area contributed by atoms with Gasteiger partial charge in [-0.05, 0) is 31.6 Å². The summed E-state index contributed by atoms with van der Waals surface area (Å²) in [6.45, 7) is 2.09. The van der Waals surface area contributed by atoms with Crippen LogP contribution in [-0.2, 0) is 4.79 Å². The van der Waals surface area contributed by atoms with Crippen LogP contribution in [0.4, 0.5) is 0 Å². The van der Waals surface area contributed by atoms with Crippen molar-refractivity contribution in [2.45, 2.75) is 64.3 Å². The lowest BCUT2D eigenvalue weighted by Crippen LogP contribution is -2.38. The molecule has 1 atom stereocenters. The number of carbonyl (C=O) groups is 1. The summed E-state index contributed by atoms with van der Waals surface area (Å²) in [4.78, 5) is 11.9. The van der Waals surface area contributed by atoms with Crippen molar-refractivity contribution >= 4 is 5.91 Å². The van der Waals surface area contributed by atoms with Crippen LogP contribution in [0.15, 0.2) is 0 Å². The van der Waals surface area contributed by atoms with E-state index in [2.05, 4.69) is 12.2 Å². The summed E-state index contributed by atoms with van der Waals surface area (Å²) in [5.41, 5.74) is 0. The van der Waals surface area contributed by atoms with Crippen molar-refractivity contribution in [3.05, 3.63) is 0 Å². The zero-order chi connectivity index (χ0) is 10.7. The van der Waals surface area contributed by atoms with Crippen molar-refractivity contribution in [1.29, 1.82) is 0 Å². The van der Waals surface area contributed by atoms with Gasteiger partial charge < -0.3 is 5.32 Å². The van der Waals surface area contributed by atoms with Gasteiger partial charge in [0.2, 0.25) is 5.91 Å². The molecular formula is C13H23NO. The molecule has 0 aromatic carbocycles. The molecule has 2 fully saturated rings. The predicted molar refractivity (Wildman–Crippen MR) is 61.5 cm³/mol. The fourth-order valence-corrected chi connectivity index (χ4v) is 2.57. The van der Waals surface area contributed by atoms with Gasteiger partial charge in [0, 0.05) is 12.0 Å². The zero-order valence-corrected chi connectivity index (χ0v) is 9.80. The summed E-state index contributed by atoms with van der Waals surface area (Å²) >= 11 is 0. The standard InChI is InChI=1S/C13H23NO/c1-10(11-8-9-11)13(15)14-12-6-4-2-3-5-7-12/h10-12H,2-9H2,1H3,(H,14,15). The van der Waals surface area contributed by atoms with Crippen LogP contribution in [0, 0.1) is 11.8 Å². The van der Waals surface area contributed by atoms with E-state index < -0.39 is 0 Å². The van der Waals surface area contributed by atoms with Crippen molar-refractivity contribution in [1.82, 2.24) is 5.32 Å². The molecule has 0 aromatic heterocycles. The van der Waals surface area contributed by atoms with Crippen LogP contribution < -0.4 is 5.32 Å². The minimum Gasteiger partial charge on any atom is -0.353 e. The van der Waals surface area contributed by atoms with E-state index >= 15 is 0 Å². The lowest BCUT2D eigenvalue weighted by molar-refractivity contribution is -0.125. The van der Waals surface area contributed by atoms with Crippen LogP contribution in [0.5, 0.6) is 0 Å². The molecule has 86 valence electrons. The molecule has 1 unspecified atom stereocenters. The topological polar surface area (TPSA) is 29.1 Å². The van der Waals surface area contributed by atoms with Gasteiger partial charge in [-0.3, -0.25) is 4.79 Å². The van der Waals surface area contributed by atoms with Crippen LogP contribution in [0.2, 0.25) is 0 Å². The Labute approximate surface area is 92.8 Å². The van der Waals surface area contributed by atoms with E-state index in [1.807, 2.05) is 0 Å². The first-order valence-corrected chi connectivity index (χ1v) is 6.58. The summed E-state index contributed by atoms with van der Waals surface area (Å²) in [6.07, 6.45) is 10.2. The Balaban J connectivity index is 1.76. The third kappa shape index (κ3) is 3.22. The van der Waals surface area contributed by atoms with Gasteiger partial charge in [-0.2, -0.15) is 0 Å². The summed E-state index contributed by atoms with van der Waals surface area (Å²) in [7, 11) is 0. The van der Waals surface area contributed by atoms with Crippen LogP contribution in [0.1, 0.15) is 58.3 Å². The SMILES string of the molecule is CC(C(=O)NC1CCCCCC1)C1CC1. The molecule has 2 aliphatic rings. The van der Waals surface area contributed by atoms with E-state index in [4.69, 9.17) is 0 Å². The number of hydrogen-bond donors (Lipinski definition) is 1. The number of rotatable bonds is 3. The maximum absolute atomic E-state index is 11.9. The zero-order valence-electron chi connectivity index (χ0n) is 9.80. The van der Waals surface area contributed by atoms with Gasteiger partial charge >= 0.3 is 0 Å². The van der Waals surface area contributed by atoms with Crippen molar-refractivity contribution < 1.29 is 4.79 Å². The fourth-order valence-electron chi connectivity index (χ4n) is 2.57. The predicted octanol–water partition coefficient (Wildman–Crippen LogP) is 2.87. The molecule has 0 aromatic rings. The Kier molecular flexibility index (Phi) is 3.66. The van der Waals surface area contributed by atoms with Gasteiger partial charge in [-0.25, -0.2) is 0 Å². The molecule has 2 saturated carbocycles. The molecule has 1 amide bonds. The van der Waals surface area contributed by atoms with Gasteiger partial charge in [-0.1, -0.05) is 32.6 Å². The second-order valence-corrected chi connectivity index (χ2v) is 5.32. The molecule has 0 heterocycles. The third-order valence-electron chi connectivity index (χ3n) is 3.94. The lowest BCUT2D eigenvalue weighted by Gasteiger charge is -2.19. The van der Waals surface area contributed by atoms with Gasteiger partial charge in [-0.15, -0.1) is 0 Å². The largest absolute Gasteiger partial charge is 0.353 e. The molecule has 0 bridgehead atoms. The van der Waals surface area contributed by atoms with Gasteiger partial charge in [0.1, 0.15) is 0 Å². The molecular weight excluding hydrogens is 186 g/mol. The van der Waals surface area contributed by atoms with E-state index in [1.54, 1.807) is 0 Å². The average molecular weight is 209 g/mol. The Morgan fingerprint density at radius 1 is 1.07 bits per heavy atom. The van der Waals surface area contributed by atoms with E-state index in [0.717, 1.165) is 0 Å². The van der Waals surface area contributed by atoms with Crippen molar-refractivity contribution in [2.75, 3.05) is 0 Å². The van der Waals surface area contributed by atoms with Crippen molar-refractivity contribution in [2.24, 2.45) is 11.8 Å². The molecule has 1 N–H and O–H groups in total. The van der Waals surface area contributed by atoms with Gasteiger partial charge in [0.05, 0.1) is 0 Å². The summed E-state index contributed by atoms with van der Waals surface area (Å²) in [6, 6.07) is 0.473. The van der Waals surface area contributed by atoms with Crippen LogP contribution in [0.25, 0.3) is 0 Å². The van der Waals surface area contributed by atoms with E-state index in [9.17, 15) is 4.79 Å². The highest BCUT2D eigenvalue weighted by Gasteiger charge is 2.33. The summed E-state index contributed by atoms with van der Waals surface area (Å²) < 4.78 is 0. The average Bonchev–Trinajstić information content (AvgIpc) is 3.04. The molecule has 0 aliphatic heterocycles. The highest BCUT2D eigenvalue weighted by atomic mass is 16.1. The number of hydrogen-bond acceptors (Lipinski definition) is 1. The van der Waals surface area contributed by atoms with Crippen LogP contribution in [0.3, 0.4) is 0 Å². The number of carbonyl (C=O) groups excluding carboxylic acids is 1. The second kappa shape index (κ2) is 5.00. The molecule has 15 heavy (non-hydrogen) atoms.